The van der Waals surface area contributed by atoms with Crippen molar-refractivity contribution in [3.63, 3.8) is 0 Å². The monoisotopic (exact) mass is 339 g/mol. The molecule has 1 atom stereocenters. The lowest BCUT2D eigenvalue weighted by Gasteiger charge is -2.45. The van der Waals surface area contributed by atoms with E-state index in [2.05, 4.69) is 25.7 Å². The van der Waals surface area contributed by atoms with Gasteiger partial charge in [-0.05, 0) is 36.7 Å². The van der Waals surface area contributed by atoms with Crippen LogP contribution in [-0.2, 0) is 10.0 Å². The van der Waals surface area contributed by atoms with E-state index in [0.29, 0.717) is 25.2 Å². The van der Waals surface area contributed by atoms with Crippen LogP contribution < -0.4 is 5.73 Å². The SMILES string of the molecule is CN1CCN(S(=O)(=O)c2ccc(C(N)=O)cc2)CC1C(C)(C)C. The largest absolute Gasteiger partial charge is 0.366 e. The Balaban J connectivity index is 2.27. The van der Waals surface area contributed by atoms with Crippen molar-refractivity contribution in [3.05, 3.63) is 29.8 Å². The van der Waals surface area contributed by atoms with Crippen LogP contribution in [0.4, 0.5) is 0 Å². The third-order valence-electron chi connectivity index (χ3n) is 4.39. The summed E-state index contributed by atoms with van der Waals surface area (Å²) in [6.45, 7) is 7.97. The summed E-state index contributed by atoms with van der Waals surface area (Å²) in [4.78, 5) is 13.5. The van der Waals surface area contributed by atoms with Crippen LogP contribution in [0.15, 0.2) is 29.2 Å². The molecule has 2 N–H and O–H groups in total. The van der Waals surface area contributed by atoms with Gasteiger partial charge in [-0.25, -0.2) is 8.42 Å². The van der Waals surface area contributed by atoms with Gasteiger partial charge in [0.1, 0.15) is 0 Å². The minimum absolute atomic E-state index is 0.0151. The Kier molecular flexibility index (Phi) is 4.84. The van der Waals surface area contributed by atoms with Crippen LogP contribution in [0.3, 0.4) is 0 Å². The number of carbonyl (C=O) groups excluding carboxylic acids is 1. The molecule has 23 heavy (non-hydrogen) atoms. The van der Waals surface area contributed by atoms with Crippen molar-refractivity contribution >= 4 is 15.9 Å². The maximum absolute atomic E-state index is 12.8. The van der Waals surface area contributed by atoms with Crippen molar-refractivity contribution in [3.8, 4) is 0 Å². The molecule has 6 nitrogen and oxygen atoms in total. The molecule has 7 heteroatoms. The topological polar surface area (TPSA) is 83.7 Å². The fourth-order valence-electron chi connectivity index (χ4n) is 2.94. The number of hydrogen-bond donors (Lipinski definition) is 1. The van der Waals surface area contributed by atoms with Crippen molar-refractivity contribution in [1.29, 1.82) is 0 Å². The van der Waals surface area contributed by atoms with Gasteiger partial charge in [-0.2, -0.15) is 4.31 Å². The van der Waals surface area contributed by atoms with E-state index in [-0.39, 0.29) is 16.4 Å². The van der Waals surface area contributed by atoms with Crippen molar-refractivity contribution in [2.45, 2.75) is 31.7 Å². The van der Waals surface area contributed by atoms with Gasteiger partial charge in [-0.1, -0.05) is 20.8 Å². The van der Waals surface area contributed by atoms with Crippen LogP contribution in [0.1, 0.15) is 31.1 Å². The molecule has 0 aromatic heterocycles. The number of sulfonamides is 1. The van der Waals surface area contributed by atoms with Gasteiger partial charge in [-0.15, -0.1) is 0 Å². The average molecular weight is 339 g/mol. The summed E-state index contributed by atoms with van der Waals surface area (Å²) in [6, 6.07) is 5.94. The second-order valence-corrected chi connectivity index (χ2v) is 9.05. The van der Waals surface area contributed by atoms with Gasteiger partial charge in [0.05, 0.1) is 4.90 Å². The van der Waals surface area contributed by atoms with Gasteiger partial charge < -0.3 is 10.6 Å². The number of rotatable bonds is 3. The number of amides is 1. The Hall–Kier alpha value is -1.44. The summed E-state index contributed by atoms with van der Waals surface area (Å²) < 4.78 is 27.2. The molecule has 1 saturated heterocycles. The first-order valence-corrected chi connectivity index (χ1v) is 9.08. The predicted octanol–water partition coefficient (Wildman–Crippen LogP) is 1.14. The Morgan fingerprint density at radius 2 is 1.74 bits per heavy atom. The standard InChI is InChI=1S/C16H25N3O3S/c1-16(2,3)14-11-19(10-9-18(14)4)23(21,22)13-7-5-12(6-8-13)15(17)20/h5-8,14H,9-11H2,1-4H3,(H2,17,20). The maximum atomic E-state index is 12.8. The Labute approximate surface area is 138 Å². The van der Waals surface area contributed by atoms with Gasteiger partial charge in [-0.3, -0.25) is 4.79 Å². The van der Waals surface area contributed by atoms with Crippen LogP contribution in [0.2, 0.25) is 0 Å². The lowest BCUT2D eigenvalue weighted by molar-refractivity contribution is 0.0671. The minimum atomic E-state index is -3.57. The van der Waals surface area contributed by atoms with Crippen molar-refractivity contribution in [2.24, 2.45) is 11.1 Å². The highest BCUT2D eigenvalue weighted by atomic mass is 32.2. The van der Waals surface area contributed by atoms with Crippen LogP contribution >= 0.6 is 0 Å². The fourth-order valence-corrected chi connectivity index (χ4v) is 4.38. The molecule has 0 spiro atoms. The van der Waals surface area contributed by atoms with Gasteiger partial charge in [0, 0.05) is 31.2 Å². The molecular formula is C16H25N3O3S. The molecular weight excluding hydrogens is 314 g/mol. The van der Waals surface area contributed by atoms with Gasteiger partial charge in [0.25, 0.3) is 0 Å². The number of carbonyl (C=O) groups is 1. The number of primary amides is 1. The molecule has 1 aromatic carbocycles. The zero-order valence-corrected chi connectivity index (χ0v) is 14.9. The van der Waals surface area contributed by atoms with E-state index >= 15 is 0 Å². The van der Waals surface area contributed by atoms with Gasteiger partial charge in [0.15, 0.2) is 0 Å². The summed E-state index contributed by atoms with van der Waals surface area (Å²) in [6.07, 6.45) is 0. The molecule has 1 aliphatic rings. The van der Waals surface area contributed by atoms with Crippen molar-refractivity contribution in [1.82, 2.24) is 9.21 Å². The first-order chi connectivity index (χ1) is 10.5. The predicted molar refractivity (Wildman–Crippen MR) is 89.6 cm³/mol. The molecule has 0 bridgehead atoms. The first-order valence-electron chi connectivity index (χ1n) is 7.64. The molecule has 1 aromatic rings. The van der Waals surface area contributed by atoms with E-state index in [0.717, 1.165) is 0 Å². The molecule has 1 fully saturated rings. The Morgan fingerprint density at radius 3 is 2.22 bits per heavy atom. The number of hydrogen-bond acceptors (Lipinski definition) is 4. The second-order valence-electron chi connectivity index (χ2n) is 7.11. The molecule has 0 saturated carbocycles. The van der Waals surface area contributed by atoms with Crippen LogP contribution in [0.5, 0.6) is 0 Å². The van der Waals surface area contributed by atoms with E-state index in [1.807, 2.05) is 7.05 Å². The van der Waals surface area contributed by atoms with Crippen molar-refractivity contribution in [2.75, 3.05) is 26.7 Å². The van der Waals surface area contributed by atoms with Crippen LogP contribution in [0, 0.1) is 5.41 Å². The zero-order chi connectivity index (χ0) is 17.4. The quantitative estimate of drug-likeness (QED) is 0.895. The number of nitrogens with two attached hydrogens (primary N) is 1. The summed E-state index contributed by atoms with van der Waals surface area (Å²) in [5.41, 5.74) is 5.48. The highest BCUT2D eigenvalue weighted by molar-refractivity contribution is 7.89. The summed E-state index contributed by atoms with van der Waals surface area (Å²) in [5.74, 6) is -0.568. The number of benzene rings is 1. The lowest BCUT2D eigenvalue weighted by atomic mass is 9.85. The van der Waals surface area contributed by atoms with E-state index < -0.39 is 15.9 Å². The lowest BCUT2D eigenvalue weighted by Crippen LogP contribution is -2.57. The number of likely N-dealkylation sites (N-methyl/N-ethyl adjacent to an activating group) is 1. The second kappa shape index (κ2) is 6.22. The van der Waals surface area contributed by atoms with Crippen molar-refractivity contribution < 1.29 is 13.2 Å². The summed E-state index contributed by atoms with van der Waals surface area (Å²) in [5, 5.41) is 0. The molecule has 1 amide bonds. The van der Waals surface area contributed by atoms with E-state index in [9.17, 15) is 13.2 Å². The zero-order valence-electron chi connectivity index (χ0n) is 14.1. The van der Waals surface area contributed by atoms with E-state index in [1.165, 1.54) is 28.6 Å². The maximum Gasteiger partial charge on any atom is 0.248 e. The van der Waals surface area contributed by atoms with Gasteiger partial charge >= 0.3 is 0 Å². The molecule has 0 radical (unpaired) electrons. The van der Waals surface area contributed by atoms with Crippen LogP contribution in [0.25, 0.3) is 0 Å². The fraction of sp³-hybridized carbons (Fsp3) is 0.562. The Morgan fingerprint density at radius 1 is 1.17 bits per heavy atom. The van der Waals surface area contributed by atoms with E-state index in [4.69, 9.17) is 5.73 Å². The third kappa shape index (κ3) is 3.73. The highest BCUT2D eigenvalue weighted by Gasteiger charge is 2.38. The van der Waals surface area contributed by atoms with Gasteiger partial charge in [0.2, 0.25) is 15.9 Å². The molecule has 1 unspecified atom stereocenters. The Bertz CT molecular complexity index is 678. The number of piperazine rings is 1. The molecule has 128 valence electrons. The minimum Gasteiger partial charge on any atom is -0.366 e. The molecule has 1 aliphatic heterocycles. The average Bonchev–Trinajstić information content (AvgIpc) is 2.46. The highest BCUT2D eigenvalue weighted by Crippen LogP contribution is 2.29. The third-order valence-corrected chi connectivity index (χ3v) is 6.27. The summed E-state index contributed by atoms with van der Waals surface area (Å²) in [7, 11) is -1.54. The van der Waals surface area contributed by atoms with Crippen LogP contribution in [-0.4, -0.2) is 56.3 Å². The normalized spacial score (nSPS) is 21.3. The first kappa shape index (κ1) is 17.9. The summed E-state index contributed by atoms with van der Waals surface area (Å²) >= 11 is 0. The molecule has 1 heterocycles. The molecule has 2 rings (SSSR count). The van der Waals surface area contributed by atoms with E-state index in [1.54, 1.807) is 0 Å². The smallest absolute Gasteiger partial charge is 0.248 e. The number of nitrogens with zero attached hydrogens (tertiary/aromatic N) is 2. The molecule has 0 aliphatic carbocycles.